The zero-order valence-corrected chi connectivity index (χ0v) is 14.6. The van der Waals surface area contributed by atoms with Crippen LogP contribution in [0.25, 0.3) is 0 Å². The molecule has 0 saturated carbocycles. The highest BCUT2D eigenvalue weighted by Gasteiger charge is 2.18. The van der Waals surface area contributed by atoms with Crippen molar-refractivity contribution in [1.29, 1.82) is 0 Å². The van der Waals surface area contributed by atoms with Crippen molar-refractivity contribution in [2.45, 2.75) is 43.4 Å². The lowest BCUT2D eigenvalue weighted by Crippen LogP contribution is -2.28. The second-order valence-corrected chi connectivity index (χ2v) is 8.21. The Kier molecular flexibility index (Phi) is 5.01. The molecular weight excluding hydrogens is 325 g/mol. The van der Waals surface area contributed by atoms with Gasteiger partial charge >= 0.3 is 0 Å². The van der Waals surface area contributed by atoms with Gasteiger partial charge in [-0.2, -0.15) is 0 Å². The summed E-state index contributed by atoms with van der Waals surface area (Å²) in [6, 6.07) is 11.6. The number of rotatable bonds is 5. The summed E-state index contributed by atoms with van der Waals surface area (Å²) >= 11 is 0. The van der Waals surface area contributed by atoms with Gasteiger partial charge in [0.15, 0.2) is 0 Å². The van der Waals surface area contributed by atoms with Gasteiger partial charge in [-0.1, -0.05) is 25.1 Å². The second kappa shape index (κ2) is 7.03. The van der Waals surface area contributed by atoms with Gasteiger partial charge in [0.1, 0.15) is 5.82 Å². The van der Waals surface area contributed by atoms with E-state index in [-0.39, 0.29) is 18.3 Å². The molecule has 3 nitrogen and oxygen atoms in total. The monoisotopic (exact) mass is 347 g/mol. The summed E-state index contributed by atoms with van der Waals surface area (Å²) in [6.07, 6.45) is 4.27. The van der Waals surface area contributed by atoms with Gasteiger partial charge in [-0.05, 0) is 72.6 Å². The number of nitrogens with one attached hydrogen (secondary N) is 1. The molecule has 1 atom stereocenters. The number of hydrogen-bond donors (Lipinski definition) is 1. The fourth-order valence-corrected chi connectivity index (χ4v) is 4.28. The first-order chi connectivity index (χ1) is 11.5. The van der Waals surface area contributed by atoms with Gasteiger partial charge in [0, 0.05) is 6.54 Å². The Hall–Kier alpha value is -1.72. The third-order valence-corrected chi connectivity index (χ3v) is 6.07. The van der Waals surface area contributed by atoms with Crippen molar-refractivity contribution in [3.63, 3.8) is 0 Å². The third-order valence-electron chi connectivity index (χ3n) is 4.65. The number of halogens is 1. The van der Waals surface area contributed by atoms with Crippen LogP contribution in [0.2, 0.25) is 0 Å². The smallest absolute Gasteiger partial charge is 0.211 e. The van der Waals surface area contributed by atoms with E-state index in [0.717, 1.165) is 30.4 Å². The third kappa shape index (κ3) is 3.84. The van der Waals surface area contributed by atoms with E-state index in [1.165, 1.54) is 24.1 Å². The quantitative estimate of drug-likeness (QED) is 0.894. The lowest BCUT2D eigenvalue weighted by Gasteiger charge is -2.17. The topological polar surface area (TPSA) is 46.2 Å². The van der Waals surface area contributed by atoms with E-state index in [9.17, 15) is 12.8 Å². The molecule has 128 valence electrons. The van der Waals surface area contributed by atoms with Crippen molar-refractivity contribution < 1.29 is 12.8 Å². The van der Waals surface area contributed by atoms with Crippen LogP contribution in [0.5, 0.6) is 0 Å². The molecule has 1 aliphatic rings. The molecule has 0 amide bonds. The van der Waals surface area contributed by atoms with Crippen molar-refractivity contribution in [3.8, 4) is 0 Å². The van der Waals surface area contributed by atoms with Crippen LogP contribution in [-0.2, 0) is 22.9 Å². The molecule has 0 fully saturated rings. The first-order valence-corrected chi connectivity index (χ1v) is 9.81. The van der Waals surface area contributed by atoms with Gasteiger partial charge in [-0.3, -0.25) is 0 Å². The van der Waals surface area contributed by atoms with Crippen LogP contribution in [0.4, 0.5) is 4.39 Å². The highest BCUT2D eigenvalue weighted by atomic mass is 32.2. The molecule has 24 heavy (non-hydrogen) atoms. The zero-order valence-electron chi connectivity index (χ0n) is 13.8. The van der Waals surface area contributed by atoms with Crippen LogP contribution in [0, 0.1) is 5.82 Å². The van der Waals surface area contributed by atoms with Gasteiger partial charge in [0.25, 0.3) is 0 Å². The SMILES string of the molecule is CC(CNS(=O)(=O)c1ccc2c(c1)CCCC2)c1ccc(F)cc1. The van der Waals surface area contributed by atoms with Gasteiger partial charge in [-0.15, -0.1) is 0 Å². The Balaban J connectivity index is 1.70. The van der Waals surface area contributed by atoms with E-state index in [1.54, 1.807) is 24.3 Å². The highest BCUT2D eigenvalue weighted by Crippen LogP contribution is 2.24. The summed E-state index contributed by atoms with van der Waals surface area (Å²) in [7, 11) is -3.53. The molecule has 1 N–H and O–H groups in total. The Bertz CT molecular complexity index is 816. The molecule has 0 radical (unpaired) electrons. The maximum Gasteiger partial charge on any atom is 0.240 e. The summed E-state index contributed by atoms with van der Waals surface area (Å²) in [4.78, 5) is 0.328. The summed E-state index contributed by atoms with van der Waals surface area (Å²) in [5, 5.41) is 0. The molecular formula is C19H22FNO2S. The Morgan fingerprint density at radius 1 is 1.04 bits per heavy atom. The van der Waals surface area contributed by atoms with E-state index in [1.807, 2.05) is 13.0 Å². The largest absolute Gasteiger partial charge is 0.240 e. The fourth-order valence-electron chi connectivity index (χ4n) is 3.10. The van der Waals surface area contributed by atoms with Crippen LogP contribution in [-0.4, -0.2) is 15.0 Å². The molecule has 2 aromatic carbocycles. The maximum atomic E-state index is 13.0. The molecule has 3 rings (SSSR count). The van der Waals surface area contributed by atoms with Gasteiger partial charge in [-0.25, -0.2) is 17.5 Å². The van der Waals surface area contributed by atoms with E-state index < -0.39 is 10.0 Å². The molecule has 1 unspecified atom stereocenters. The first-order valence-electron chi connectivity index (χ1n) is 8.32. The van der Waals surface area contributed by atoms with Crippen LogP contribution >= 0.6 is 0 Å². The molecule has 0 bridgehead atoms. The van der Waals surface area contributed by atoms with Crippen molar-refractivity contribution in [2.75, 3.05) is 6.54 Å². The average molecular weight is 347 g/mol. The van der Waals surface area contributed by atoms with E-state index in [4.69, 9.17) is 0 Å². The standard InChI is InChI=1S/C19H22FNO2S/c1-14(15-6-9-18(20)10-7-15)13-21-24(22,23)19-11-8-16-4-2-3-5-17(16)12-19/h6-12,14,21H,2-5,13H2,1H3. The lowest BCUT2D eigenvalue weighted by molar-refractivity contribution is 0.574. The average Bonchev–Trinajstić information content (AvgIpc) is 2.60. The normalized spacial score (nSPS) is 15.8. The van der Waals surface area contributed by atoms with Crippen molar-refractivity contribution in [3.05, 3.63) is 65.0 Å². The summed E-state index contributed by atoms with van der Waals surface area (Å²) in [5.74, 6) is -0.321. The number of benzene rings is 2. The van der Waals surface area contributed by atoms with Crippen molar-refractivity contribution >= 4 is 10.0 Å². The summed E-state index contributed by atoms with van der Waals surface area (Å²) < 4.78 is 40.7. The lowest BCUT2D eigenvalue weighted by atomic mass is 9.92. The zero-order chi connectivity index (χ0) is 17.2. The Labute approximate surface area is 143 Å². The minimum absolute atomic E-state index is 0.0296. The van der Waals surface area contributed by atoms with Crippen LogP contribution < -0.4 is 4.72 Å². The summed E-state index contributed by atoms with van der Waals surface area (Å²) in [6.45, 7) is 2.20. The molecule has 2 aromatic rings. The highest BCUT2D eigenvalue weighted by molar-refractivity contribution is 7.89. The van der Waals surface area contributed by atoms with Gasteiger partial charge < -0.3 is 0 Å². The summed E-state index contributed by atoms with van der Waals surface area (Å²) in [5.41, 5.74) is 3.32. The molecule has 0 saturated heterocycles. The number of hydrogen-bond acceptors (Lipinski definition) is 2. The molecule has 0 spiro atoms. The van der Waals surface area contributed by atoms with Gasteiger partial charge in [0.05, 0.1) is 4.90 Å². The maximum absolute atomic E-state index is 13.0. The number of aryl methyl sites for hydroxylation is 2. The second-order valence-electron chi connectivity index (χ2n) is 6.44. The van der Waals surface area contributed by atoms with Crippen molar-refractivity contribution in [2.24, 2.45) is 0 Å². The minimum atomic E-state index is -3.53. The van der Waals surface area contributed by atoms with Crippen LogP contribution in [0.3, 0.4) is 0 Å². The van der Waals surface area contributed by atoms with E-state index >= 15 is 0 Å². The molecule has 0 heterocycles. The Morgan fingerprint density at radius 2 is 1.71 bits per heavy atom. The van der Waals surface area contributed by atoms with E-state index in [2.05, 4.69) is 4.72 Å². The molecule has 0 aliphatic heterocycles. The van der Waals surface area contributed by atoms with Crippen LogP contribution in [0.1, 0.15) is 42.4 Å². The number of sulfonamides is 1. The van der Waals surface area contributed by atoms with Gasteiger partial charge in [0.2, 0.25) is 10.0 Å². The van der Waals surface area contributed by atoms with Crippen molar-refractivity contribution in [1.82, 2.24) is 4.72 Å². The fraction of sp³-hybridized carbons (Fsp3) is 0.368. The molecule has 0 aromatic heterocycles. The minimum Gasteiger partial charge on any atom is -0.211 e. The van der Waals surface area contributed by atoms with E-state index in [0.29, 0.717) is 4.90 Å². The van der Waals surface area contributed by atoms with Crippen LogP contribution in [0.15, 0.2) is 47.4 Å². The predicted octanol–water partition coefficient (Wildman–Crippen LogP) is 3.79. The Morgan fingerprint density at radius 3 is 2.42 bits per heavy atom. The molecule has 1 aliphatic carbocycles. The predicted molar refractivity (Wildman–Crippen MR) is 93.1 cm³/mol. The molecule has 5 heteroatoms. The first kappa shape index (κ1) is 17.1. The number of fused-ring (bicyclic) bond motifs is 1.